The molecule has 1 saturated heterocycles. The number of Topliss-reactive ketones (excluding diaryl/α,β-unsaturated/α-hetero) is 2. The monoisotopic (exact) mass is 358 g/mol. The summed E-state index contributed by atoms with van der Waals surface area (Å²) in [6, 6.07) is 0. The number of carbonyl (C=O) groups is 2. The van der Waals surface area contributed by atoms with Crippen molar-refractivity contribution in [1.82, 2.24) is 9.80 Å². The maximum atomic E-state index is 12.8. The van der Waals surface area contributed by atoms with Crippen LogP contribution in [0.2, 0.25) is 0 Å². The Kier molecular flexibility index (Phi) is 4.69. The Morgan fingerprint density at radius 1 is 0.962 bits per heavy atom. The van der Waals surface area contributed by atoms with Crippen LogP contribution >= 0.6 is 0 Å². The quantitative estimate of drug-likeness (QED) is 0.739. The van der Waals surface area contributed by atoms with Crippen molar-refractivity contribution < 1.29 is 19.8 Å². The van der Waals surface area contributed by atoms with E-state index in [9.17, 15) is 19.8 Å². The number of likely N-dealkylation sites (tertiary alicyclic amines) is 1. The minimum Gasteiger partial charge on any atom is -0.503 e. The highest BCUT2D eigenvalue weighted by Gasteiger charge is 2.41. The molecule has 3 rings (SSSR count). The zero-order valence-electron chi connectivity index (χ0n) is 15.7. The Bertz CT molecular complexity index is 778. The van der Waals surface area contributed by atoms with Gasteiger partial charge >= 0.3 is 0 Å². The number of aliphatic hydroxyl groups excluding tert-OH is 2. The molecule has 1 fully saturated rings. The second-order valence-electron chi connectivity index (χ2n) is 7.90. The predicted molar refractivity (Wildman–Crippen MR) is 98.1 cm³/mol. The number of aliphatic hydroxyl groups is 2. The third-order valence-corrected chi connectivity index (χ3v) is 5.03. The van der Waals surface area contributed by atoms with Crippen molar-refractivity contribution in [3.8, 4) is 0 Å². The molecule has 6 nitrogen and oxygen atoms in total. The lowest BCUT2D eigenvalue weighted by Gasteiger charge is -2.39. The average molecular weight is 358 g/mol. The predicted octanol–water partition coefficient (Wildman–Crippen LogP) is 2.82. The molecule has 2 unspecified atom stereocenters. The molecular formula is C20H26N2O4. The number of piperidine rings is 1. The summed E-state index contributed by atoms with van der Waals surface area (Å²) in [5.74, 6) is -1.86. The van der Waals surface area contributed by atoms with E-state index in [1.807, 2.05) is 19.9 Å². The van der Waals surface area contributed by atoms with Crippen LogP contribution in [0, 0.1) is 11.8 Å². The molecular weight excluding hydrogens is 332 g/mol. The summed E-state index contributed by atoms with van der Waals surface area (Å²) in [4.78, 5) is 28.9. The Morgan fingerprint density at radius 2 is 1.50 bits per heavy atom. The fourth-order valence-electron chi connectivity index (χ4n) is 4.24. The third-order valence-electron chi connectivity index (χ3n) is 5.03. The van der Waals surface area contributed by atoms with E-state index < -0.39 is 23.1 Å². The molecule has 6 heteroatoms. The van der Waals surface area contributed by atoms with Crippen LogP contribution in [0.15, 0.2) is 46.3 Å². The van der Waals surface area contributed by atoms with Crippen LogP contribution in [0.3, 0.4) is 0 Å². The van der Waals surface area contributed by atoms with E-state index >= 15 is 0 Å². The highest BCUT2D eigenvalue weighted by atomic mass is 16.3. The number of hydrogen-bond donors (Lipinski definition) is 2. The van der Waals surface area contributed by atoms with E-state index in [0.29, 0.717) is 31.5 Å². The lowest BCUT2D eigenvalue weighted by Crippen LogP contribution is -2.44. The van der Waals surface area contributed by atoms with E-state index in [1.54, 1.807) is 11.1 Å². The average Bonchev–Trinajstić information content (AvgIpc) is 2.51. The summed E-state index contributed by atoms with van der Waals surface area (Å²) in [7, 11) is 0. The van der Waals surface area contributed by atoms with Gasteiger partial charge in [-0.15, -0.1) is 0 Å². The fourth-order valence-corrected chi connectivity index (χ4v) is 4.24. The molecule has 0 bridgehead atoms. The standard InChI is InChI=1S/C20H26N2O4/c1-11-5-12(2)8-21(7-11)15-17(23)19(25)16(20(26)18(15)24)22-9-13(3)6-14(4)10-22/h5,7,13-14,23,26H,6,8-10H2,1-4H3. The summed E-state index contributed by atoms with van der Waals surface area (Å²) in [6.45, 7) is 9.48. The first kappa shape index (κ1) is 18.3. The van der Waals surface area contributed by atoms with Crippen molar-refractivity contribution >= 4 is 11.6 Å². The van der Waals surface area contributed by atoms with Gasteiger partial charge in [-0.25, -0.2) is 0 Å². The van der Waals surface area contributed by atoms with Crippen LogP contribution in [0.4, 0.5) is 0 Å². The Balaban J connectivity index is 1.97. The molecule has 140 valence electrons. The van der Waals surface area contributed by atoms with Crippen LogP contribution in [0.25, 0.3) is 0 Å². The maximum Gasteiger partial charge on any atom is 0.249 e. The summed E-state index contributed by atoms with van der Waals surface area (Å²) in [6.07, 6.45) is 4.71. The smallest absolute Gasteiger partial charge is 0.249 e. The number of hydrogen-bond acceptors (Lipinski definition) is 6. The van der Waals surface area contributed by atoms with Crippen molar-refractivity contribution in [1.29, 1.82) is 0 Å². The molecule has 1 aliphatic carbocycles. The molecule has 0 spiro atoms. The van der Waals surface area contributed by atoms with Gasteiger partial charge in [0.2, 0.25) is 11.6 Å². The molecule has 0 aromatic rings. The van der Waals surface area contributed by atoms with Gasteiger partial charge in [0.1, 0.15) is 11.4 Å². The van der Waals surface area contributed by atoms with Gasteiger partial charge in [0.15, 0.2) is 11.5 Å². The van der Waals surface area contributed by atoms with E-state index in [1.165, 1.54) is 4.90 Å². The summed E-state index contributed by atoms with van der Waals surface area (Å²) in [5.41, 5.74) is 1.68. The summed E-state index contributed by atoms with van der Waals surface area (Å²) >= 11 is 0. The fraction of sp³-hybridized carbons (Fsp3) is 0.500. The van der Waals surface area contributed by atoms with Gasteiger partial charge in [0, 0.05) is 25.8 Å². The number of allylic oxidation sites excluding steroid dienone is 2. The lowest BCUT2D eigenvalue weighted by molar-refractivity contribution is -0.122. The first-order valence-electron chi connectivity index (χ1n) is 9.02. The second-order valence-corrected chi connectivity index (χ2v) is 7.90. The molecule has 2 atom stereocenters. The van der Waals surface area contributed by atoms with Crippen molar-refractivity contribution in [2.75, 3.05) is 19.6 Å². The van der Waals surface area contributed by atoms with Gasteiger partial charge in [-0.3, -0.25) is 9.59 Å². The molecule has 26 heavy (non-hydrogen) atoms. The van der Waals surface area contributed by atoms with E-state index in [0.717, 1.165) is 17.6 Å². The first-order valence-corrected chi connectivity index (χ1v) is 9.02. The second kappa shape index (κ2) is 6.67. The van der Waals surface area contributed by atoms with Crippen LogP contribution in [0.5, 0.6) is 0 Å². The van der Waals surface area contributed by atoms with Crippen LogP contribution in [0.1, 0.15) is 34.1 Å². The molecule has 0 radical (unpaired) electrons. The van der Waals surface area contributed by atoms with E-state index in [-0.39, 0.29) is 11.4 Å². The molecule has 3 aliphatic rings. The number of rotatable bonds is 2. The third kappa shape index (κ3) is 3.16. The first-order chi connectivity index (χ1) is 12.2. The lowest BCUT2D eigenvalue weighted by atomic mass is 9.89. The topological polar surface area (TPSA) is 81.1 Å². The van der Waals surface area contributed by atoms with Gasteiger partial charge in [-0.05, 0) is 37.7 Å². The molecule has 2 aliphatic heterocycles. The van der Waals surface area contributed by atoms with Crippen molar-refractivity contribution in [3.63, 3.8) is 0 Å². The van der Waals surface area contributed by atoms with Crippen LogP contribution < -0.4 is 0 Å². The maximum absolute atomic E-state index is 12.8. The Morgan fingerprint density at radius 3 is 2.08 bits per heavy atom. The Labute approximate surface area is 153 Å². The largest absolute Gasteiger partial charge is 0.503 e. The Hall–Kier alpha value is -2.50. The molecule has 0 amide bonds. The molecule has 2 heterocycles. The van der Waals surface area contributed by atoms with Crippen molar-refractivity contribution in [3.05, 3.63) is 46.3 Å². The highest BCUT2D eigenvalue weighted by Crippen LogP contribution is 2.32. The van der Waals surface area contributed by atoms with Gasteiger partial charge in [-0.1, -0.05) is 25.5 Å². The number of carbonyl (C=O) groups excluding carboxylic acids is 2. The van der Waals surface area contributed by atoms with Gasteiger partial charge in [0.05, 0.1) is 0 Å². The highest BCUT2D eigenvalue weighted by molar-refractivity contribution is 6.22. The van der Waals surface area contributed by atoms with Crippen molar-refractivity contribution in [2.45, 2.75) is 34.1 Å². The molecule has 0 aromatic heterocycles. The summed E-state index contributed by atoms with van der Waals surface area (Å²) in [5, 5.41) is 21.1. The van der Waals surface area contributed by atoms with Crippen LogP contribution in [-0.4, -0.2) is 51.2 Å². The minimum absolute atomic E-state index is 0.0698. The normalized spacial score (nSPS) is 27.8. The van der Waals surface area contributed by atoms with E-state index in [2.05, 4.69) is 13.8 Å². The molecule has 0 saturated carbocycles. The minimum atomic E-state index is -0.707. The summed E-state index contributed by atoms with van der Waals surface area (Å²) < 4.78 is 0. The zero-order chi connectivity index (χ0) is 19.2. The number of nitrogens with zero attached hydrogens (tertiary/aromatic N) is 2. The van der Waals surface area contributed by atoms with Gasteiger partial charge in [-0.2, -0.15) is 0 Å². The SMILES string of the molecule is CC1=CN(C2=C(O)C(=O)C(N3CC(C)CC(C)C3)=C(O)C2=O)CC(C)=C1. The van der Waals surface area contributed by atoms with Crippen LogP contribution in [-0.2, 0) is 9.59 Å². The van der Waals surface area contributed by atoms with E-state index in [4.69, 9.17) is 0 Å². The van der Waals surface area contributed by atoms with Gasteiger partial charge < -0.3 is 20.0 Å². The van der Waals surface area contributed by atoms with Crippen molar-refractivity contribution in [2.24, 2.45) is 11.8 Å². The molecule has 2 N–H and O–H groups in total. The number of ketones is 2. The van der Waals surface area contributed by atoms with Gasteiger partial charge in [0.25, 0.3) is 0 Å². The molecule has 0 aromatic carbocycles. The zero-order valence-corrected chi connectivity index (χ0v) is 15.7.